The fourth-order valence-corrected chi connectivity index (χ4v) is 4.32. The molecule has 7 heteroatoms. The molecule has 150 valence electrons. The normalized spacial score (nSPS) is 11.1. The van der Waals surface area contributed by atoms with Gasteiger partial charge in [0.25, 0.3) is 0 Å². The molecular weight excluding hydrogens is 396 g/mol. The minimum absolute atomic E-state index is 0.0822. The topological polar surface area (TPSA) is 80.8 Å². The number of nitrogens with zero attached hydrogens (tertiary/aromatic N) is 4. The Morgan fingerprint density at radius 3 is 2.67 bits per heavy atom. The second-order valence-electron chi connectivity index (χ2n) is 7.30. The van der Waals surface area contributed by atoms with Crippen LogP contribution in [0.15, 0.2) is 42.6 Å². The van der Waals surface area contributed by atoms with Crippen LogP contribution in [0.3, 0.4) is 0 Å². The zero-order chi connectivity index (χ0) is 21.4. The number of aromatic nitrogens is 3. The molecule has 0 spiro atoms. The third-order valence-corrected chi connectivity index (χ3v) is 5.77. The summed E-state index contributed by atoms with van der Waals surface area (Å²) in [5.74, 6) is -0.311. The Morgan fingerprint density at radius 2 is 2.00 bits per heavy atom. The van der Waals surface area contributed by atoms with Gasteiger partial charge < -0.3 is 4.74 Å². The fraction of sp³-hybridized carbons (Fsp3) is 0.217. The number of aryl methyl sites for hydroxylation is 2. The summed E-state index contributed by atoms with van der Waals surface area (Å²) >= 11 is 1.69. The molecule has 0 radical (unpaired) electrons. The van der Waals surface area contributed by atoms with Gasteiger partial charge in [0.15, 0.2) is 5.65 Å². The van der Waals surface area contributed by atoms with Gasteiger partial charge in [-0.25, -0.2) is 14.5 Å². The third-order valence-electron chi connectivity index (χ3n) is 4.80. The summed E-state index contributed by atoms with van der Waals surface area (Å²) in [5.41, 5.74) is 3.00. The predicted octanol–water partition coefficient (Wildman–Crippen LogP) is 5.45. The maximum absolute atomic E-state index is 13.2. The highest BCUT2D eigenvalue weighted by atomic mass is 32.1. The molecule has 6 nitrogen and oxygen atoms in total. The molecule has 0 saturated carbocycles. The number of para-hydroxylation sites is 1. The summed E-state index contributed by atoms with van der Waals surface area (Å²) in [6.45, 7) is 8.12. The Labute approximate surface area is 178 Å². The van der Waals surface area contributed by atoms with Crippen LogP contribution in [0.2, 0.25) is 0 Å². The van der Waals surface area contributed by atoms with Crippen LogP contribution in [0.25, 0.3) is 22.3 Å². The summed E-state index contributed by atoms with van der Waals surface area (Å²) in [7, 11) is 0. The van der Waals surface area contributed by atoms with Crippen molar-refractivity contribution in [2.45, 2.75) is 33.7 Å². The average molecular weight is 417 g/mol. The lowest BCUT2D eigenvalue weighted by Crippen LogP contribution is -2.11. The van der Waals surface area contributed by atoms with Crippen molar-refractivity contribution < 1.29 is 9.53 Å². The lowest BCUT2D eigenvalue weighted by molar-refractivity contribution is 0.0736. The van der Waals surface area contributed by atoms with Gasteiger partial charge in [0.1, 0.15) is 11.8 Å². The first-order chi connectivity index (χ1) is 14.4. The highest BCUT2D eigenvalue weighted by Gasteiger charge is 2.21. The second-order valence-corrected chi connectivity index (χ2v) is 8.76. The van der Waals surface area contributed by atoms with Gasteiger partial charge in [-0.15, -0.1) is 11.3 Å². The maximum Gasteiger partial charge on any atom is 0.344 e. The van der Waals surface area contributed by atoms with Crippen LogP contribution in [0.5, 0.6) is 5.75 Å². The minimum atomic E-state index is -0.542. The summed E-state index contributed by atoms with van der Waals surface area (Å²) in [6.07, 6.45) is 1.64. The van der Waals surface area contributed by atoms with E-state index < -0.39 is 5.97 Å². The highest BCUT2D eigenvalue weighted by molar-refractivity contribution is 7.12. The molecule has 30 heavy (non-hydrogen) atoms. The molecule has 0 aliphatic heterocycles. The van der Waals surface area contributed by atoms with Gasteiger partial charge in [0.2, 0.25) is 0 Å². The molecule has 4 aromatic rings. The Hall–Kier alpha value is -3.50. The Balaban J connectivity index is 1.89. The average Bonchev–Trinajstić information content (AvgIpc) is 3.30. The van der Waals surface area contributed by atoms with E-state index in [1.165, 1.54) is 4.88 Å². The van der Waals surface area contributed by atoms with E-state index in [1.54, 1.807) is 52.5 Å². The molecule has 0 atom stereocenters. The molecule has 0 aliphatic rings. The van der Waals surface area contributed by atoms with Crippen LogP contribution in [0, 0.1) is 25.2 Å². The van der Waals surface area contributed by atoms with Crippen molar-refractivity contribution in [1.29, 1.82) is 5.26 Å². The number of nitriles is 1. The highest BCUT2D eigenvalue weighted by Crippen LogP contribution is 2.33. The van der Waals surface area contributed by atoms with Crippen LogP contribution in [0.4, 0.5) is 0 Å². The first kappa shape index (κ1) is 19.8. The van der Waals surface area contributed by atoms with E-state index in [1.807, 2.05) is 27.7 Å². The summed E-state index contributed by atoms with van der Waals surface area (Å²) < 4.78 is 7.40. The standard InChI is InChI=1S/C23H20N4O2S/c1-13(2)27-22-19(12-25-27)18(10-20(26-22)17-9-14(3)30-15(17)4)23(28)29-21-8-6-5-7-16(21)11-24/h5-10,12-13H,1-4H3. The molecule has 0 saturated heterocycles. The summed E-state index contributed by atoms with van der Waals surface area (Å²) in [5, 5.41) is 14.4. The lowest BCUT2D eigenvalue weighted by atomic mass is 10.1. The smallest absolute Gasteiger partial charge is 0.344 e. The molecule has 0 fully saturated rings. The molecule has 0 unspecified atom stereocenters. The number of fused-ring (bicyclic) bond motifs is 1. The largest absolute Gasteiger partial charge is 0.421 e. The number of ether oxygens (including phenoxy) is 1. The van der Waals surface area contributed by atoms with Crippen molar-refractivity contribution in [3.05, 3.63) is 63.5 Å². The molecular formula is C23H20N4O2S. The van der Waals surface area contributed by atoms with Crippen molar-refractivity contribution in [3.63, 3.8) is 0 Å². The summed E-state index contributed by atoms with van der Waals surface area (Å²) in [4.78, 5) is 20.3. The Morgan fingerprint density at radius 1 is 1.23 bits per heavy atom. The third kappa shape index (κ3) is 3.46. The van der Waals surface area contributed by atoms with Gasteiger partial charge in [-0.05, 0) is 52.0 Å². The molecule has 4 rings (SSSR count). The molecule has 0 N–H and O–H groups in total. The molecule has 3 aromatic heterocycles. The van der Waals surface area contributed by atoms with Crippen molar-refractivity contribution in [3.8, 4) is 23.1 Å². The van der Waals surface area contributed by atoms with Gasteiger partial charge >= 0.3 is 5.97 Å². The van der Waals surface area contributed by atoms with Crippen LogP contribution in [-0.4, -0.2) is 20.7 Å². The van der Waals surface area contributed by atoms with E-state index in [4.69, 9.17) is 9.72 Å². The van der Waals surface area contributed by atoms with Gasteiger partial charge in [-0.1, -0.05) is 12.1 Å². The molecule has 0 amide bonds. The van der Waals surface area contributed by atoms with Gasteiger partial charge in [0.05, 0.1) is 28.4 Å². The predicted molar refractivity (Wildman–Crippen MR) is 117 cm³/mol. The van der Waals surface area contributed by atoms with E-state index in [-0.39, 0.29) is 11.8 Å². The van der Waals surface area contributed by atoms with Crippen molar-refractivity contribution in [2.24, 2.45) is 0 Å². The molecule has 1 aromatic carbocycles. The zero-order valence-corrected chi connectivity index (χ0v) is 17.9. The number of rotatable bonds is 4. The van der Waals surface area contributed by atoms with Crippen LogP contribution < -0.4 is 4.74 Å². The van der Waals surface area contributed by atoms with Crippen molar-refractivity contribution in [1.82, 2.24) is 14.8 Å². The number of esters is 1. The van der Waals surface area contributed by atoms with Crippen LogP contribution in [0.1, 0.15) is 45.6 Å². The van der Waals surface area contributed by atoms with Crippen molar-refractivity contribution >= 4 is 28.3 Å². The van der Waals surface area contributed by atoms with Crippen molar-refractivity contribution in [2.75, 3.05) is 0 Å². The molecule has 3 heterocycles. The molecule has 0 aliphatic carbocycles. The summed E-state index contributed by atoms with van der Waals surface area (Å²) in [6, 6.07) is 12.6. The van der Waals surface area contributed by atoms with Gasteiger partial charge in [0, 0.05) is 21.4 Å². The second kappa shape index (κ2) is 7.73. The van der Waals surface area contributed by atoms with E-state index >= 15 is 0 Å². The Kier molecular flexibility index (Phi) is 5.10. The monoisotopic (exact) mass is 416 g/mol. The molecule has 0 bridgehead atoms. The number of benzene rings is 1. The lowest BCUT2D eigenvalue weighted by Gasteiger charge is -2.11. The Bertz CT molecular complexity index is 1310. The number of carbonyl (C=O) groups is 1. The van der Waals surface area contributed by atoms with E-state index in [2.05, 4.69) is 17.2 Å². The van der Waals surface area contributed by atoms with E-state index in [0.29, 0.717) is 27.9 Å². The quantitative estimate of drug-likeness (QED) is 0.326. The number of carbonyl (C=O) groups excluding carboxylic acids is 1. The zero-order valence-electron chi connectivity index (χ0n) is 17.1. The first-order valence-corrected chi connectivity index (χ1v) is 10.4. The number of hydrogen-bond acceptors (Lipinski definition) is 6. The SMILES string of the molecule is Cc1cc(-c2cc(C(=O)Oc3ccccc3C#N)c3cnn(C(C)C)c3n2)c(C)s1. The number of thiophene rings is 1. The number of pyridine rings is 1. The first-order valence-electron chi connectivity index (χ1n) is 9.56. The van der Waals surface area contributed by atoms with E-state index in [0.717, 1.165) is 10.4 Å². The van der Waals surface area contributed by atoms with Crippen LogP contribution >= 0.6 is 11.3 Å². The fourth-order valence-electron chi connectivity index (χ4n) is 3.39. The minimum Gasteiger partial charge on any atom is -0.421 e. The van der Waals surface area contributed by atoms with Crippen LogP contribution in [-0.2, 0) is 0 Å². The van der Waals surface area contributed by atoms with Gasteiger partial charge in [-0.3, -0.25) is 0 Å². The van der Waals surface area contributed by atoms with Gasteiger partial charge in [-0.2, -0.15) is 10.4 Å². The maximum atomic E-state index is 13.2. The van der Waals surface area contributed by atoms with E-state index in [9.17, 15) is 10.1 Å². The number of hydrogen-bond donors (Lipinski definition) is 0.